The van der Waals surface area contributed by atoms with E-state index in [0.717, 1.165) is 41.5 Å². The number of benzene rings is 2. The van der Waals surface area contributed by atoms with Gasteiger partial charge in [0.05, 0.1) is 16.1 Å². The Labute approximate surface area is 174 Å². The molecule has 1 saturated heterocycles. The number of nitrogens with zero attached hydrogens (tertiary/aromatic N) is 3. The number of carbonyl (C=O) groups is 1. The van der Waals surface area contributed by atoms with Gasteiger partial charge in [0.2, 0.25) is 5.91 Å². The quantitative estimate of drug-likeness (QED) is 0.620. The zero-order chi connectivity index (χ0) is 19.8. The lowest BCUT2D eigenvalue weighted by molar-refractivity contribution is -0.130. The molecule has 0 saturated carbocycles. The van der Waals surface area contributed by atoms with Gasteiger partial charge in [0.25, 0.3) is 0 Å². The highest BCUT2D eigenvalue weighted by Crippen LogP contribution is 2.33. The van der Waals surface area contributed by atoms with Crippen molar-refractivity contribution in [2.24, 2.45) is 0 Å². The average Bonchev–Trinajstić information content (AvgIpc) is 3.10. The van der Waals surface area contributed by atoms with Crippen LogP contribution in [0.25, 0.3) is 10.2 Å². The Hall–Kier alpha value is -2.11. The van der Waals surface area contributed by atoms with Gasteiger partial charge in [-0.1, -0.05) is 46.7 Å². The summed E-state index contributed by atoms with van der Waals surface area (Å²) in [5.74, 6) is 0.210. The lowest BCUT2D eigenvalue weighted by Crippen LogP contribution is -2.49. The van der Waals surface area contributed by atoms with Gasteiger partial charge < -0.3 is 9.80 Å². The Kier molecular flexibility index (Phi) is 5.30. The highest BCUT2D eigenvalue weighted by molar-refractivity contribution is 7.22. The smallest absolute Gasteiger partial charge is 0.227 e. The number of hydrogen-bond acceptors (Lipinski definition) is 4. The Morgan fingerprint density at radius 1 is 1.11 bits per heavy atom. The second kappa shape index (κ2) is 7.72. The SMILES string of the molecule is Cc1cc(C)c(CC(=O)N2CCN(c3nc4c(Cl)cccc4s3)CC2)c(C)c1. The molecule has 1 aliphatic heterocycles. The minimum Gasteiger partial charge on any atom is -0.345 e. The third-order valence-corrected chi connectivity index (χ3v) is 6.82. The van der Waals surface area contributed by atoms with Crippen molar-refractivity contribution in [1.29, 1.82) is 0 Å². The fourth-order valence-corrected chi connectivity index (χ4v) is 5.25. The van der Waals surface area contributed by atoms with E-state index >= 15 is 0 Å². The number of amides is 1. The molecule has 0 spiro atoms. The number of halogens is 1. The summed E-state index contributed by atoms with van der Waals surface area (Å²) in [6.07, 6.45) is 0.481. The van der Waals surface area contributed by atoms with Crippen LogP contribution in [0.1, 0.15) is 22.3 Å². The monoisotopic (exact) mass is 413 g/mol. The predicted octanol–water partition coefficient (Wildman–Crippen LogP) is 4.77. The summed E-state index contributed by atoms with van der Waals surface area (Å²) in [7, 11) is 0. The molecule has 1 amide bonds. The standard InChI is InChI=1S/C22H24ClN3OS/c1-14-11-15(2)17(16(3)12-14)13-20(27)25-7-9-26(10-8-25)22-24-21-18(23)5-4-6-19(21)28-22/h4-6,11-12H,7-10,13H2,1-3H3. The molecule has 1 aliphatic rings. The molecular weight excluding hydrogens is 390 g/mol. The number of rotatable bonds is 3. The maximum atomic E-state index is 12.9. The first-order chi connectivity index (χ1) is 13.4. The molecule has 4 nitrogen and oxygen atoms in total. The summed E-state index contributed by atoms with van der Waals surface area (Å²) in [4.78, 5) is 21.8. The molecule has 0 bridgehead atoms. The normalized spacial score (nSPS) is 14.7. The van der Waals surface area contributed by atoms with Gasteiger partial charge in [0.15, 0.2) is 5.13 Å². The molecular formula is C22H24ClN3OS. The number of aromatic nitrogens is 1. The lowest BCUT2D eigenvalue weighted by Gasteiger charge is -2.34. The van der Waals surface area contributed by atoms with Crippen LogP contribution < -0.4 is 4.90 Å². The molecule has 4 rings (SSSR count). The zero-order valence-corrected chi connectivity index (χ0v) is 18.0. The van der Waals surface area contributed by atoms with Crippen LogP contribution in [0.15, 0.2) is 30.3 Å². The lowest BCUT2D eigenvalue weighted by atomic mass is 9.97. The number of thiazole rings is 1. The van der Waals surface area contributed by atoms with Crippen molar-refractivity contribution in [1.82, 2.24) is 9.88 Å². The number of carbonyl (C=O) groups excluding carboxylic acids is 1. The molecule has 2 heterocycles. The van der Waals surface area contributed by atoms with Gasteiger partial charge in [-0.2, -0.15) is 0 Å². The van der Waals surface area contributed by atoms with Crippen LogP contribution in [-0.4, -0.2) is 42.0 Å². The van der Waals surface area contributed by atoms with Crippen LogP contribution in [0.2, 0.25) is 5.02 Å². The van der Waals surface area contributed by atoms with Gasteiger partial charge in [0, 0.05) is 26.2 Å². The van der Waals surface area contributed by atoms with Crippen LogP contribution in [0, 0.1) is 20.8 Å². The Morgan fingerprint density at radius 3 is 2.43 bits per heavy atom. The summed E-state index contributed by atoms with van der Waals surface area (Å²) < 4.78 is 1.10. The van der Waals surface area contributed by atoms with Crippen LogP contribution in [0.3, 0.4) is 0 Å². The Bertz CT molecular complexity index is 1010. The fraction of sp³-hybridized carbons (Fsp3) is 0.364. The molecule has 1 fully saturated rings. The first-order valence-electron chi connectivity index (χ1n) is 9.57. The van der Waals surface area contributed by atoms with Gasteiger partial charge in [-0.05, 0) is 49.6 Å². The first-order valence-corrected chi connectivity index (χ1v) is 10.8. The summed E-state index contributed by atoms with van der Waals surface area (Å²) in [5, 5.41) is 1.68. The van der Waals surface area contributed by atoms with Gasteiger partial charge >= 0.3 is 0 Å². The van der Waals surface area contributed by atoms with Crippen LogP contribution in [0.4, 0.5) is 5.13 Å². The van der Waals surface area contributed by atoms with Gasteiger partial charge in [-0.15, -0.1) is 0 Å². The highest BCUT2D eigenvalue weighted by Gasteiger charge is 2.24. The molecule has 28 heavy (non-hydrogen) atoms. The van der Waals surface area contributed by atoms with Gasteiger partial charge in [-0.3, -0.25) is 4.79 Å². The molecule has 0 aliphatic carbocycles. The van der Waals surface area contributed by atoms with Crippen molar-refractivity contribution in [3.63, 3.8) is 0 Å². The van der Waals surface area contributed by atoms with E-state index in [1.54, 1.807) is 11.3 Å². The number of aryl methyl sites for hydroxylation is 3. The number of anilines is 1. The second-order valence-electron chi connectivity index (χ2n) is 7.50. The Morgan fingerprint density at radius 2 is 1.79 bits per heavy atom. The summed E-state index contributed by atoms with van der Waals surface area (Å²) >= 11 is 7.92. The zero-order valence-electron chi connectivity index (χ0n) is 16.5. The third-order valence-electron chi connectivity index (χ3n) is 5.43. The molecule has 0 atom stereocenters. The molecule has 3 aromatic rings. The molecule has 0 N–H and O–H groups in total. The number of para-hydroxylation sites is 1. The average molecular weight is 414 g/mol. The fourth-order valence-electron chi connectivity index (χ4n) is 3.94. The van der Waals surface area contributed by atoms with Crippen molar-refractivity contribution in [2.45, 2.75) is 27.2 Å². The van der Waals surface area contributed by atoms with Crippen LogP contribution >= 0.6 is 22.9 Å². The van der Waals surface area contributed by atoms with Crippen molar-refractivity contribution >= 4 is 44.2 Å². The van der Waals surface area contributed by atoms with E-state index in [1.807, 2.05) is 23.1 Å². The molecule has 146 valence electrons. The highest BCUT2D eigenvalue weighted by atomic mass is 35.5. The maximum Gasteiger partial charge on any atom is 0.227 e. The minimum absolute atomic E-state index is 0.210. The van der Waals surface area contributed by atoms with E-state index < -0.39 is 0 Å². The summed E-state index contributed by atoms with van der Waals surface area (Å²) in [6.45, 7) is 9.35. The van der Waals surface area contributed by atoms with Crippen molar-refractivity contribution in [3.05, 3.63) is 57.6 Å². The topological polar surface area (TPSA) is 36.4 Å². The van der Waals surface area contributed by atoms with Gasteiger partial charge in [0.1, 0.15) is 5.52 Å². The number of fused-ring (bicyclic) bond motifs is 1. The van der Waals surface area contributed by atoms with E-state index in [-0.39, 0.29) is 5.91 Å². The van der Waals surface area contributed by atoms with E-state index in [1.165, 1.54) is 22.3 Å². The van der Waals surface area contributed by atoms with Crippen molar-refractivity contribution in [3.8, 4) is 0 Å². The maximum absolute atomic E-state index is 12.9. The molecule has 2 aromatic carbocycles. The summed E-state index contributed by atoms with van der Waals surface area (Å²) in [6, 6.07) is 10.2. The predicted molar refractivity (Wildman–Crippen MR) is 118 cm³/mol. The van der Waals surface area contributed by atoms with E-state index in [2.05, 4.69) is 37.8 Å². The second-order valence-corrected chi connectivity index (χ2v) is 8.92. The van der Waals surface area contributed by atoms with Crippen LogP contribution in [-0.2, 0) is 11.2 Å². The minimum atomic E-state index is 0.210. The molecule has 1 aromatic heterocycles. The first kappa shape index (κ1) is 19.2. The summed E-state index contributed by atoms with van der Waals surface area (Å²) in [5.41, 5.74) is 5.69. The molecule has 0 unspecified atom stereocenters. The largest absolute Gasteiger partial charge is 0.345 e. The van der Waals surface area contributed by atoms with Crippen molar-refractivity contribution < 1.29 is 4.79 Å². The number of hydrogen-bond donors (Lipinski definition) is 0. The third kappa shape index (κ3) is 3.74. The van der Waals surface area contributed by atoms with Crippen LogP contribution in [0.5, 0.6) is 0 Å². The molecule has 0 radical (unpaired) electrons. The number of piperazine rings is 1. The van der Waals surface area contributed by atoms with Crippen molar-refractivity contribution in [2.75, 3.05) is 31.1 Å². The van der Waals surface area contributed by atoms with E-state index in [9.17, 15) is 4.79 Å². The Balaban J connectivity index is 1.42. The molecule has 6 heteroatoms. The van der Waals surface area contributed by atoms with Gasteiger partial charge in [-0.25, -0.2) is 4.98 Å². The van der Waals surface area contributed by atoms with E-state index in [0.29, 0.717) is 11.4 Å². The van der Waals surface area contributed by atoms with E-state index in [4.69, 9.17) is 16.6 Å².